The van der Waals surface area contributed by atoms with E-state index in [9.17, 15) is 24.0 Å². The van der Waals surface area contributed by atoms with Crippen molar-refractivity contribution in [3.63, 3.8) is 0 Å². The Balaban J connectivity index is 4.69. The van der Waals surface area contributed by atoms with Gasteiger partial charge in [-0.25, -0.2) is 4.79 Å². The number of hydrogen-bond donors (Lipinski definition) is 0. The lowest BCUT2D eigenvalue weighted by atomic mass is 10.1. The van der Waals surface area contributed by atoms with Gasteiger partial charge in [0.2, 0.25) is 11.9 Å². The maximum Gasteiger partial charge on any atom is 0.375 e. The summed E-state index contributed by atoms with van der Waals surface area (Å²) < 4.78 is 4.40. The molecule has 0 aromatic heterocycles. The molecule has 6 nitrogen and oxygen atoms in total. The van der Waals surface area contributed by atoms with Crippen LogP contribution in [0.15, 0.2) is 0 Å². The zero-order valence-electron chi connectivity index (χ0n) is 9.23. The van der Waals surface area contributed by atoms with Gasteiger partial charge in [0.05, 0.1) is 6.42 Å². The van der Waals surface area contributed by atoms with Crippen LogP contribution in [0.3, 0.4) is 0 Å². The average Bonchev–Trinajstić information content (AvgIpc) is 2.11. The van der Waals surface area contributed by atoms with E-state index in [1.807, 2.05) is 0 Å². The van der Waals surface area contributed by atoms with Crippen LogP contribution in [0.25, 0.3) is 0 Å². The lowest BCUT2D eigenvalue weighted by Gasteiger charge is -2.11. The van der Waals surface area contributed by atoms with Gasteiger partial charge in [0, 0.05) is 6.92 Å². The summed E-state index contributed by atoms with van der Waals surface area (Å²) in [6, 6.07) is 0. The van der Waals surface area contributed by atoms with E-state index in [-0.39, 0.29) is 0 Å². The highest BCUT2D eigenvalue weighted by Gasteiger charge is 2.29. The molecule has 88 valence electrons. The number of hydrogen-bond acceptors (Lipinski definition) is 6. The fourth-order valence-corrected chi connectivity index (χ4v) is 0.903. The number of carbonyl (C=O) groups excluding carboxylic acids is 5. The molecule has 0 spiro atoms. The summed E-state index contributed by atoms with van der Waals surface area (Å²) in [4.78, 5) is 54.5. The van der Waals surface area contributed by atoms with Gasteiger partial charge in [-0.15, -0.1) is 0 Å². The Bertz CT molecular complexity index is 354. The molecule has 0 bridgehead atoms. The molecule has 1 atom stereocenters. The van der Waals surface area contributed by atoms with Crippen LogP contribution in [0.2, 0.25) is 0 Å². The molecule has 0 heterocycles. The predicted octanol–water partition coefficient (Wildman–Crippen LogP) is -0.376. The Kier molecular flexibility index (Phi) is 5.21. The number of ketones is 4. The second-order valence-corrected chi connectivity index (χ2v) is 3.30. The summed E-state index contributed by atoms with van der Waals surface area (Å²) in [5.74, 6) is -4.18. The summed E-state index contributed by atoms with van der Waals surface area (Å²) in [7, 11) is 0. The molecule has 0 aliphatic carbocycles. The summed E-state index contributed by atoms with van der Waals surface area (Å²) in [5.41, 5.74) is 0. The van der Waals surface area contributed by atoms with Gasteiger partial charge >= 0.3 is 5.97 Å². The highest BCUT2D eigenvalue weighted by Crippen LogP contribution is 2.02. The summed E-state index contributed by atoms with van der Waals surface area (Å²) in [6.45, 7) is 3.16. The van der Waals surface area contributed by atoms with Crippen molar-refractivity contribution >= 4 is 29.1 Å². The first kappa shape index (κ1) is 14.2. The fraction of sp³-hybridized carbons (Fsp3) is 0.500. The quantitative estimate of drug-likeness (QED) is 0.349. The third-order valence-electron chi connectivity index (χ3n) is 1.60. The first-order valence-corrected chi connectivity index (χ1v) is 4.49. The van der Waals surface area contributed by atoms with E-state index in [1.165, 1.54) is 6.92 Å². The summed E-state index contributed by atoms with van der Waals surface area (Å²) >= 11 is 0. The Morgan fingerprint density at radius 2 is 1.50 bits per heavy atom. The van der Waals surface area contributed by atoms with Crippen molar-refractivity contribution in [3.8, 4) is 0 Å². The van der Waals surface area contributed by atoms with Crippen LogP contribution in [-0.4, -0.2) is 35.2 Å². The molecule has 0 aliphatic heterocycles. The zero-order valence-corrected chi connectivity index (χ0v) is 9.23. The van der Waals surface area contributed by atoms with Gasteiger partial charge in [-0.1, -0.05) is 0 Å². The highest BCUT2D eigenvalue weighted by atomic mass is 16.6. The van der Waals surface area contributed by atoms with Crippen molar-refractivity contribution in [1.82, 2.24) is 0 Å². The topological polar surface area (TPSA) is 94.6 Å². The molecule has 0 N–H and O–H groups in total. The van der Waals surface area contributed by atoms with Crippen LogP contribution < -0.4 is 0 Å². The standard InChI is InChI=1S/C10H12O6/c1-5(11)4-8(14)9(6(2)12)16-10(15)7(3)13/h9H,4H2,1-3H3. The second kappa shape index (κ2) is 5.89. The van der Waals surface area contributed by atoms with Crippen molar-refractivity contribution in [1.29, 1.82) is 0 Å². The van der Waals surface area contributed by atoms with Crippen LogP contribution >= 0.6 is 0 Å². The molecule has 6 heteroatoms. The van der Waals surface area contributed by atoms with Gasteiger partial charge in [0.1, 0.15) is 5.78 Å². The molecule has 0 aromatic rings. The van der Waals surface area contributed by atoms with Crippen molar-refractivity contribution in [2.75, 3.05) is 0 Å². The maximum absolute atomic E-state index is 11.3. The molecule has 0 amide bonds. The second-order valence-electron chi connectivity index (χ2n) is 3.30. The van der Waals surface area contributed by atoms with E-state index < -0.39 is 41.6 Å². The maximum atomic E-state index is 11.3. The van der Waals surface area contributed by atoms with Crippen molar-refractivity contribution in [3.05, 3.63) is 0 Å². The van der Waals surface area contributed by atoms with E-state index in [0.29, 0.717) is 0 Å². The van der Waals surface area contributed by atoms with Gasteiger partial charge in [0.25, 0.3) is 0 Å². The summed E-state index contributed by atoms with van der Waals surface area (Å²) in [5, 5.41) is 0. The fourth-order valence-electron chi connectivity index (χ4n) is 0.903. The molecule has 0 fully saturated rings. The van der Waals surface area contributed by atoms with Crippen LogP contribution in [0.1, 0.15) is 27.2 Å². The molecule has 0 saturated carbocycles. The third kappa shape index (κ3) is 4.59. The lowest BCUT2D eigenvalue weighted by Crippen LogP contribution is -2.36. The average molecular weight is 228 g/mol. The van der Waals surface area contributed by atoms with Crippen LogP contribution in [0.4, 0.5) is 0 Å². The van der Waals surface area contributed by atoms with Crippen molar-refractivity contribution < 1.29 is 28.7 Å². The molecule has 0 saturated heterocycles. The highest BCUT2D eigenvalue weighted by molar-refractivity contribution is 6.33. The number of esters is 1. The third-order valence-corrected chi connectivity index (χ3v) is 1.60. The monoisotopic (exact) mass is 228 g/mol. The van der Waals surface area contributed by atoms with E-state index in [1.54, 1.807) is 0 Å². The Morgan fingerprint density at radius 1 is 1.00 bits per heavy atom. The smallest absolute Gasteiger partial charge is 0.375 e. The molecule has 1 unspecified atom stereocenters. The van der Waals surface area contributed by atoms with Crippen LogP contribution in [-0.2, 0) is 28.7 Å². The molecule has 0 aromatic carbocycles. The van der Waals surface area contributed by atoms with Gasteiger partial charge in [-0.2, -0.15) is 0 Å². The minimum atomic E-state index is -1.67. The molecular weight excluding hydrogens is 216 g/mol. The Hall–Kier alpha value is -1.85. The molecule has 0 radical (unpaired) electrons. The van der Waals surface area contributed by atoms with Crippen LogP contribution in [0.5, 0.6) is 0 Å². The Morgan fingerprint density at radius 3 is 1.81 bits per heavy atom. The molecular formula is C10H12O6. The first-order chi connectivity index (χ1) is 7.25. The summed E-state index contributed by atoms with van der Waals surface area (Å²) in [6.07, 6.45) is -2.17. The van der Waals surface area contributed by atoms with Gasteiger partial charge in [0.15, 0.2) is 11.6 Å². The molecule has 0 rings (SSSR count). The van der Waals surface area contributed by atoms with Gasteiger partial charge in [-0.05, 0) is 13.8 Å². The van der Waals surface area contributed by atoms with Gasteiger partial charge < -0.3 is 4.74 Å². The van der Waals surface area contributed by atoms with E-state index in [2.05, 4.69) is 4.74 Å². The van der Waals surface area contributed by atoms with Crippen LogP contribution in [0, 0.1) is 0 Å². The van der Waals surface area contributed by atoms with E-state index in [0.717, 1.165) is 13.8 Å². The number of Topliss-reactive ketones (excluding diaryl/α,β-unsaturated/α-hetero) is 4. The Labute approximate surface area is 91.9 Å². The lowest BCUT2D eigenvalue weighted by molar-refractivity contribution is -0.163. The van der Waals surface area contributed by atoms with E-state index in [4.69, 9.17) is 0 Å². The SMILES string of the molecule is CC(=O)CC(=O)C(OC(=O)C(C)=O)C(C)=O. The number of carbonyl (C=O) groups is 5. The zero-order chi connectivity index (χ0) is 12.9. The normalized spacial score (nSPS) is 11.4. The minimum Gasteiger partial charge on any atom is -0.441 e. The van der Waals surface area contributed by atoms with Crippen molar-refractivity contribution in [2.45, 2.75) is 33.3 Å². The first-order valence-electron chi connectivity index (χ1n) is 4.49. The van der Waals surface area contributed by atoms with E-state index >= 15 is 0 Å². The largest absolute Gasteiger partial charge is 0.441 e. The number of ether oxygens (including phenoxy) is 1. The molecule has 0 aliphatic rings. The molecule has 16 heavy (non-hydrogen) atoms. The van der Waals surface area contributed by atoms with Gasteiger partial charge in [-0.3, -0.25) is 19.2 Å². The minimum absolute atomic E-state index is 0.449. The van der Waals surface area contributed by atoms with Crippen molar-refractivity contribution in [2.24, 2.45) is 0 Å². The predicted molar refractivity (Wildman–Crippen MR) is 51.5 cm³/mol. The number of rotatable bonds is 6.